The number of hydrogen-bond donors (Lipinski definition) is 1. The number of aromatic nitrogens is 2. The maximum Gasteiger partial charge on any atom is 0.238 e. The van der Waals surface area contributed by atoms with E-state index in [0.717, 1.165) is 50.2 Å². The van der Waals surface area contributed by atoms with Crippen molar-refractivity contribution in [3.63, 3.8) is 0 Å². The van der Waals surface area contributed by atoms with Crippen LogP contribution in [0.4, 0.5) is 0 Å². The van der Waals surface area contributed by atoms with Gasteiger partial charge < -0.3 is 14.3 Å². The van der Waals surface area contributed by atoms with E-state index < -0.39 is 0 Å². The lowest BCUT2D eigenvalue weighted by atomic mass is 9.77. The molecule has 3 rings (SSSR count). The molecule has 2 aromatic heterocycles. The zero-order valence-corrected chi connectivity index (χ0v) is 12.1. The lowest BCUT2D eigenvalue weighted by Gasteiger charge is -2.34. The first kappa shape index (κ1) is 13.4. The van der Waals surface area contributed by atoms with Crippen molar-refractivity contribution in [2.24, 2.45) is 0 Å². The van der Waals surface area contributed by atoms with E-state index in [1.54, 1.807) is 6.26 Å². The molecule has 0 radical (unpaired) electrons. The van der Waals surface area contributed by atoms with Crippen LogP contribution in [0.2, 0.25) is 0 Å². The molecule has 20 heavy (non-hydrogen) atoms. The van der Waals surface area contributed by atoms with E-state index in [0.29, 0.717) is 11.6 Å². The first-order valence-corrected chi connectivity index (χ1v) is 7.34. The summed E-state index contributed by atoms with van der Waals surface area (Å²) in [5, 5.41) is 7.58. The molecule has 1 aliphatic heterocycles. The quantitative estimate of drug-likeness (QED) is 0.929. The van der Waals surface area contributed by atoms with E-state index in [4.69, 9.17) is 8.94 Å². The molecule has 1 atom stereocenters. The summed E-state index contributed by atoms with van der Waals surface area (Å²) >= 11 is 0. The Morgan fingerprint density at radius 3 is 3.00 bits per heavy atom. The SMILES string of the molecule is CCCC1(c2nc(-c3occc3C)no2)CCCNC1. The number of aryl methyl sites for hydroxylation is 1. The fraction of sp³-hybridized carbons (Fsp3) is 0.600. The lowest BCUT2D eigenvalue weighted by Crippen LogP contribution is -2.43. The summed E-state index contributed by atoms with van der Waals surface area (Å²) in [5.41, 5.74) is 1.02. The summed E-state index contributed by atoms with van der Waals surface area (Å²) in [6.07, 6.45) is 6.09. The second-order valence-corrected chi connectivity index (χ2v) is 5.67. The molecular weight excluding hydrogens is 254 g/mol. The Bertz CT molecular complexity index is 562. The minimum Gasteiger partial charge on any atom is -0.461 e. The van der Waals surface area contributed by atoms with Crippen LogP contribution < -0.4 is 5.32 Å². The molecule has 2 aromatic rings. The summed E-state index contributed by atoms with van der Waals surface area (Å²) in [5.74, 6) is 2.01. The van der Waals surface area contributed by atoms with Gasteiger partial charge in [-0.15, -0.1) is 0 Å². The van der Waals surface area contributed by atoms with Crippen LogP contribution in [0.25, 0.3) is 11.6 Å². The first-order chi connectivity index (χ1) is 9.75. The average molecular weight is 275 g/mol. The summed E-state index contributed by atoms with van der Waals surface area (Å²) in [6.45, 7) is 6.17. The molecule has 1 unspecified atom stereocenters. The molecule has 1 saturated heterocycles. The molecule has 5 heteroatoms. The molecule has 3 heterocycles. The first-order valence-electron chi connectivity index (χ1n) is 7.34. The fourth-order valence-corrected chi connectivity index (χ4v) is 3.08. The van der Waals surface area contributed by atoms with Crippen LogP contribution in [0, 0.1) is 6.92 Å². The second-order valence-electron chi connectivity index (χ2n) is 5.67. The highest BCUT2D eigenvalue weighted by Gasteiger charge is 2.38. The number of nitrogens with one attached hydrogen (secondary N) is 1. The predicted octanol–water partition coefficient (Wildman–Crippen LogP) is 3.06. The predicted molar refractivity (Wildman–Crippen MR) is 75.4 cm³/mol. The van der Waals surface area contributed by atoms with Crippen molar-refractivity contribution in [2.45, 2.75) is 44.9 Å². The summed E-state index contributed by atoms with van der Waals surface area (Å²) in [7, 11) is 0. The van der Waals surface area contributed by atoms with Gasteiger partial charge in [-0.2, -0.15) is 4.98 Å². The Balaban J connectivity index is 1.93. The zero-order chi connectivity index (χ0) is 14.0. The maximum atomic E-state index is 5.58. The van der Waals surface area contributed by atoms with Crippen molar-refractivity contribution in [2.75, 3.05) is 13.1 Å². The van der Waals surface area contributed by atoms with Crippen molar-refractivity contribution < 1.29 is 8.94 Å². The molecule has 0 aliphatic carbocycles. The Hall–Kier alpha value is -1.62. The van der Waals surface area contributed by atoms with Crippen molar-refractivity contribution in [1.29, 1.82) is 0 Å². The standard InChI is InChI=1S/C15H21N3O2/c1-3-6-15(7-4-8-16-10-15)14-17-13(18-20-14)12-11(2)5-9-19-12/h5,9,16H,3-4,6-8,10H2,1-2H3. The Kier molecular flexibility index (Phi) is 3.61. The summed E-state index contributed by atoms with van der Waals surface area (Å²) < 4.78 is 11.0. The molecule has 0 bridgehead atoms. The van der Waals surface area contributed by atoms with Crippen LogP contribution in [0.3, 0.4) is 0 Å². The minimum absolute atomic E-state index is 0.0151. The van der Waals surface area contributed by atoms with Gasteiger partial charge in [0.25, 0.3) is 0 Å². The molecule has 0 spiro atoms. The van der Waals surface area contributed by atoms with Gasteiger partial charge in [-0.3, -0.25) is 0 Å². The van der Waals surface area contributed by atoms with Crippen LogP contribution in [0.5, 0.6) is 0 Å². The molecular formula is C15H21N3O2. The topological polar surface area (TPSA) is 64.1 Å². The Morgan fingerprint density at radius 2 is 2.35 bits per heavy atom. The highest BCUT2D eigenvalue weighted by molar-refractivity contribution is 5.51. The van der Waals surface area contributed by atoms with Crippen LogP contribution >= 0.6 is 0 Å². The van der Waals surface area contributed by atoms with Gasteiger partial charge in [0.05, 0.1) is 11.7 Å². The van der Waals surface area contributed by atoms with Crippen LogP contribution in [0.15, 0.2) is 21.3 Å². The highest BCUT2D eigenvalue weighted by Crippen LogP contribution is 2.36. The molecule has 0 saturated carbocycles. The monoisotopic (exact) mass is 275 g/mol. The van der Waals surface area contributed by atoms with Gasteiger partial charge in [0.2, 0.25) is 11.7 Å². The zero-order valence-electron chi connectivity index (χ0n) is 12.1. The van der Waals surface area contributed by atoms with E-state index >= 15 is 0 Å². The molecule has 1 aliphatic rings. The molecule has 1 fully saturated rings. The smallest absolute Gasteiger partial charge is 0.238 e. The molecule has 5 nitrogen and oxygen atoms in total. The third-order valence-corrected chi connectivity index (χ3v) is 4.15. The van der Waals surface area contributed by atoms with Gasteiger partial charge in [-0.1, -0.05) is 18.5 Å². The van der Waals surface area contributed by atoms with E-state index in [2.05, 4.69) is 22.4 Å². The van der Waals surface area contributed by atoms with Crippen LogP contribution in [-0.2, 0) is 5.41 Å². The van der Waals surface area contributed by atoms with Gasteiger partial charge in [0.1, 0.15) is 0 Å². The second kappa shape index (κ2) is 5.40. The van der Waals surface area contributed by atoms with Gasteiger partial charge in [0.15, 0.2) is 5.76 Å². The molecule has 0 amide bonds. The Morgan fingerprint density at radius 1 is 1.45 bits per heavy atom. The van der Waals surface area contributed by atoms with Crippen molar-refractivity contribution in [3.8, 4) is 11.6 Å². The Labute approximate surface area is 118 Å². The number of rotatable bonds is 4. The fourth-order valence-electron chi connectivity index (χ4n) is 3.08. The van der Waals surface area contributed by atoms with Crippen LogP contribution in [0.1, 0.15) is 44.1 Å². The summed E-state index contributed by atoms with van der Waals surface area (Å²) in [6, 6.07) is 1.91. The van der Waals surface area contributed by atoms with Gasteiger partial charge in [-0.25, -0.2) is 0 Å². The number of furan rings is 1. The lowest BCUT2D eigenvalue weighted by molar-refractivity contribution is 0.213. The van der Waals surface area contributed by atoms with Gasteiger partial charge in [0, 0.05) is 6.54 Å². The average Bonchev–Trinajstić information content (AvgIpc) is 3.08. The number of piperidine rings is 1. The molecule has 108 valence electrons. The molecule has 1 N–H and O–H groups in total. The normalized spacial score (nSPS) is 23.1. The minimum atomic E-state index is -0.0151. The van der Waals surface area contributed by atoms with Crippen LogP contribution in [-0.4, -0.2) is 23.2 Å². The highest BCUT2D eigenvalue weighted by atomic mass is 16.5. The third-order valence-electron chi connectivity index (χ3n) is 4.15. The largest absolute Gasteiger partial charge is 0.461 e. The van der Waals surface area contributed by atoms with Crippen molar-refractivity contribution in [1.82, 2.24) is 15.5 Å². The van der Waals surface area contributed by atoms with Gasteiger partial charge in [-0.05, 0) is 44.4 Å². The van der Waals surface area contributed by atoms with Crippen molar-refractivity contribution >= 4 is 0 Å². The summed E-state index contributed by atoms with van der Waals surface area (Å²) in [4.78, 5) is 4.62. The van der Waals surface area contributed by atoms with E-state index in [1.165, 1.54) is 0 Å². The van der Waals surface area contributed by atoms with E-state index in [9.17, 15) is 0 Å². The molecule has 0 aromatic carbocycles. The number of hydrogen-bond acceptors (Lipinski definition) is 5. The van der Waals surface area contributed by atoms with Crippen molar-refractivity contribution in [3.05, 3.63) is 23.8 Å². The van der Waals surface area contributed by atoms with E-state index in [1.807, 2.05) is 13.0 Å². The number of nitrogens with zero attached hydrogens (tertiary/aromatic N) is 2. The van der Waals surface area contributed by atoms with Gasteiger partial charge >= 0.3 is 0 Å². The maximum absolute atomic E-state index is 5.58. The third kappa shape index (κ3) is 2.26. The van der Waals surface area contributed by atoms with E-state index in [-0.39, 0.29) is 5.41 Å².